The van der Waals surface area contributed by atoms with E-state index in [1.54, 1.807) is 23.3 Å². The molecule has 0 atom stereocenters. The van der Waals surface area contributed by atoms with Crippen LogP contribution in [0.5, 0.6) is 0 Å². The van der Waals surface area contributed by atoms with Crippen molar-refractivity contribution in [1.29, 1.82) is 0 Å². The monoisotopic (exact) mass is 525 g/mol. The van der Waals surface area contributed by atoms with E-state index in [2.05, 4.69) is 28.9 Å². The fraction of sp³-hybridized carbons (Fsp3) is 0.345. The van der Waals surface area contributed by atoms with Crippen LogP contribution in [-0.4, -0.2) is 66.4 Å². The highest BCUT2D eigenvalue weighted by atomic mass is 16.5. The molecule has 5 aromatic heterocycles. The van der Waals surface area contributed by atoms with E-state index in [4.69, 9.17) is 9.72 Å². The summed E-state index contributed by atoms with van der Waals surface area (Å²) in [5.41, 5.74) is 5.97. The summed E-state index contributed by atoms with van der Waals surface area (Å²) in [6.45, 7) is 10.4. The predicted molar refractivity (Wildman–Crippen MR) is 149 cm³/mol. The van der Waals surface area contributed by atoms with E-state index in [0.29, 0.717) is 49.1 Å². The molecule has 0 radical (unpaired) electrons. The second-order valence-corrected chi connectivity index (χ2v) is 10.4. The Hall–Kier alpha value is -4.31. The first-order valence-corrected chi connectivity index (χ1v) is 13.2. The van der Waals surface area contributed by atoms with Gasteiger partial charge in [0, 0.05) is 61.1 Å². The number of pyridine rings is 3. The number of hydrogen-bond acceptors (Lipinski definition) is 6. The lowest BCUT2D eigenvalue weighted by Crippen LogP contribution is -2.41. The number of nitrogens with one attached hydrogen (secondary N) is 1. The van der Waals surface area contributed by atoms with E-state index in [1.807, 2.05) is 42.5 Å². The molecule has 0 saturated carbocycles. The van der Waals surface area contributed by atoms with Crippen molar-refractivity contribution in [3.05, 3.63) is 69.7 Å². The minimum atomic E-state index is -0.107. The maximum absolute atomic E-state index is 13.6. The molecule has 1 saturated heterocycles. The Morgan fingerprint density at radius 3 is 2.59 bits per heavy atom. The number of fused-ring (bicyclic) bond motifs is 2. The van der Waals surface area contributed by atoms with Gasteiger partial charge in [-0.1, -0.05) is 13.8 Å². The molecule has 1 amide bonds. The van der Waals surface area contributed by atoms with Crippen molar-refractivity contribution >= 4 is 27.7 Å². The molecule has 0 aliphatic carbocycles. The summed E-state index contributed by atoms with van der Waals surface area (Å²) in [6, 6.07) is 5.36. The molecule has 6 rings (SSSR count). The van der Waals surface area contributed by atoms with Gasteiger partial charge < -0.3 is 19.2 Å². The standard InChI is InChI=1S/C29H31N7O3/c1-16(2)27-26-17(3)28(29(38)35-8-10-39-11-9-35)34(5)23(26)13-25(33-27)36-22-12-21(20-14-30-7-6-24(20)37)32-18(4)19(22)15-31-36/h6-7,12-16H,8-11H2,1-5H3,(H,30,37). The second-order valence-electron chi connectivity index (χ2n) is 10.4. The Bertz CT molecular complexity index is 1810. The summed E-state index contributed by atoms with van der Waals surface area (Å²) >= 11 is 0. The van der Waals surface area contributed by atoms with Gasteiger partial charge in [0.25, 0.3) is 5.91 Å². The largest absolute Gasteiger partial charge is 0.378 e. The van der Waals surface area contributed by atoms with Crippen molar-refractivity contribution in [3.63, 3.8) is 0 Å². The molecule has 39 heavy (non-hydrogen) atoms. The number of carbonyl (C=O) groups is 1. The Balaban J connectivity index is 1.56. The molecule has 10 nitrogen and oxygen atoms in total. The van der Waals surface area contributed by atoms with Crippen LogP contribution in [0.2, 0.25) is 0 Å². The predicted octanol–water partition coefficient (Wildman–Crippen LogP) is 3.88. The maximum Gasteiger partial charge on any atom is 0.270 e. The third-order valence-electron chi connectivity index (χ3n) is 7.56. The first-order chi connectivity index (χ1) is 18.8. The fourth-order valence-corrected chi connectivity index (χ4v) is 5.54. The summed E-state index contributed by atoms with van der Waals surface area (Å²) in [6.07, 6.45) is 5.05. The molecule has 0 unspecified atom stereocenters. The first-order valence-electron chi connectivity index (χ1n) is 13.2. The smallest absolute Gasteiger partial charge is 0.270 e. The molecule has 0 aromatic carbocycles. The van der Waals surface area contributed by atoms with Gasteiger partial charge in [-0.2, -0.15) is 5.10 Å². The Morgan fingerprint density at radius 2 is 1.87 bits per heavy atom. The molecule has 1 fully saturated rings. The lowest BCUT2D eigenvalue weighted by Gasteiger charge is -2.27. The number of ether oxygens (including phenoxy) is 1. The second kappa shape index (κ2) is 9.46. The Morgan fingerprint density at radius 1 is 1.10 bits per heavy atom. The molecule has 200 valence electrons. The highest BCUT2D eigenvalue weighted by molar-refractivity contribution is 6.03. The number of amides is 1. The van der Waals surface area contributed by atoms with Crippen molar-refractivity contribution in [1.82, 2.24) is 34.2 Å². The van der Waals surface area contributed by atoms with Crippen LogP contribution < -0.4 is 5.43 Å². The van der Waals surface area contributed by atoms with Crippen LogP contribution in [0.15, 0.2) is 41.6 Å². The van der Waals surface area contributed by atoms with Crippen LogP contribution in [0.4, 0.5) is 0 Å². The van der Waals surface area contributed by atoms with E-state index in [1.165, 1.54) is 6.07 Å². The number of hydrogen-bond donors (Lipinski definition) is 1. The number of aryl methyl sites for hydroxylation is 3. The first kappa shape index (κ1) is 25.0. The minimum absolute atomic E-state index is 0.00900. The van der Waals surface area contributed by atoms with E-state index in [0.717, 1.165) is 38.8 Å². The van der Waals surface area contributed by atoms with Crippen LogP contribution >= 0.6 is 0 Å². The summed E-state index contributed by atoms with van der Waals surface area (Å²) in [5, 5.41) is 6.57. The Kier molecular flexibility index (Phi) is 6.06. The molecular formula is C29H31N7O3. The molecule has 5 aromatic rings. The van der Waals surface area contributed by atoms with Crippen molar-refractivity contribution in [3.8, 4) is 17.1 Å². The molecule has 1 aliphatic heterocycles. The van der Waals surface area contributed by atoms with Crippen molar-refractivity contribution in [2.24, 2.45) is 7.05 Å². The van der Waals surface area contributed by atoms with E-state index in [9.17, 15) is 9.59 Å². The van der Waals surface area contributed by atoms with Gasteiger partial charge in [0.1, 0.15) is 5.69 Å². The van der Waals surface area contributed by atoms with Crippen LogP contribution in [0.3, 0.4) is 0 Å². The summed E-state index contributed by atoms with van der Waals surface area (Å²) in [7, 11) is 1.94. The quantitative estimate of drug-likeness (QED) is 0.381. The lowest BCUT2D eigenvalue weighted by molar-refractivity contribution is 0.0296. The molecule has 6 heterocycles. The van der Waals surface area contributed by atoms with E-state index in [-0.39, 0.29) is 17.3 Å². The third-order valence-corrected chi connectivity index (χ3v) is 7.56. The van der Waals surface area contributed by atoms with Crippen LogP contribution in [-0.2, 0) is 11.8 Å². The minimum Gasteiger partial charge on any atom is -0.378 e. The van der Waals surface area contributed by atoms with Gasteiger partial charge in [-0.05, 0) is 31.4 Å². The van der Waals surface area contributed by atoms with Crippen LogP contribution in [0, 0.1) is 13.8 Å². The molecule has 0 spiro atoms. The number of morpholine rings is 1. The molecule has 1 aliphatic rings. The average Bonchev–Trinajstić information content (AvgIpc) is 3.47. The number of aromatic nitrogens is 6. The highest BCUT2D eigenvalue weighted by Crippen LogP contribution is 2.34. The maximum atomic E-state index is 13.6. The normalized spacial score (nSPS) is 14.2. The average molecular weight is 526 g/mol. The zero-order valence-corrected chi connectivity index (χ0v) is 22.8. The number of nitrogens with zero attached hydrogens (tertiary/aromatic N) is 6. The fourth-order valence-electron chi connectivity index (χ4n) is 5.54. The zero-order chi connectivity index (χ0) is 27.4. The van der Waals surface area contributed by atoms with Crippen molar-refractivity contribution in [2.45, 2.75) is 33.6 Å². The number of H-pyrrole nitrogens is 1. The molecule has 0 bridgehead atoms. The number of aromatic amines is 1. The molecule has 1 N–H and O–H groups in total. The van der Waals surface area contributed by atoms with Crippen molar-refractivity contribution < 1.29 is 9.53 Å². The van der Waals surface area contributed by atoms with Crippen LogP contribution in [0.1, 0.15) is 47.2 Å². The van der Waals surface area contributed by atoms with E-state index < -0.39 is 0 Å². The van der Waals surface area contributed by atoms with E-state index >= 15 is 0 Å². The number of rotatable bonds is 4. The van der Waals surface area contributed by atoms with Gasteiger partial charge in [0.05, 0.1) is 47.4 Å². The van der Waals surface area contributed by atoms with Gasteiger partial charge in [-0.3, -0.25) is 14.6 Å². The number of carbonyl (C=O) groups excluding carboxylic acids is 1. The SMILES string of the molecule is Cc1nc(-c2c[nH]ccc2=O)cc2c1cnn2-c1cc2c(c(C(C)C)n1)c(C)c(C(=O)N1CCOCC1)n2C. The van der Waals surface area contributed by atoms with Gasteiger partial charge in [-0.15, -0.1) is 0 Å². The molecular weight excluding hydrogens is 494 g/mol. The van der Waals surface area contributed by atoms with Gasteiger partial charge in [-0.25, -0.2) is 9.67 Å². The summed E-state index contributed by atoms with van der Waals surface area (Å²) in [5.74, 6) is 0.768. The topological polar surface area (TPSA) is 111 Å². The zero-order valence-electron chi connectivity index (χ0n) is 22.8. The summed E-state index contributed by atoms with van der Waals surface area (Å²) < 4.78 is 9.23. The molecule has 10 heteroatoms. The highest BCUT2D eigenvalue weighted by Gasteiger charge is 2.28. The Labute approximate surface area is 225 Å². The lowest BCUT2D eigenvalue weighted by atomic mass is 10.0. The van der Waals surface area contributed by atoms with Gasteiger partial charge >= 0.3 is 0 Å². The summed E-state index contributed by atoms with van der Waals surface area (Å²) in [4.78, 5) is 40.7. The van der Waals surface area contributed by atoms with Gasteiger partial charge in [0.2, 0.25) is 0 Å². The van der Waals surface area contributed by atoms with Gasteiger partial charge in [0.15, 0.2) is 11.2 Å². The third kappa shape index (κ3) is 4.02. The van der Waals surface area contributed by atoms with Crippen molar-refractivity contribution in [2.75, 3.05) is 26.3 Å². The van der Waals surface area contributed by atoms with Crippen LogP contribution in [0.25, 0.3) is 38.9 Å².